The van der Waals surface area contributed by atoms with E-state index in [0.717, 1.165) is 17.0 Å². The molecule has 2 unspecified atom stereocenters. The van der Waals surface area contributed by atoms with E-state index in [0.29, 0.717) is 6.42 Å². The van der Waals surface area contributed by atoms with Gasteiger partial charge in [-0.15, -0.1) is 0 Å². The molecule has 1 aliphatic rings. The molecule has 1 N–H and O–H groups in total. The summed E-state index contributed by atoms with van der Waals surface area (Å²) in [5, 5.41) is 3.86. The topological polar surface area (TPSA) is 29.1 Å². The van der Waals surface area contributed by atoms with Gasteiger partial charge in [-0.1, -0.05) is 48.0 Å². The third-order valence-electron chi connectivity index (χ3n) is 4.17. The zero-order chi connectivity index (χ0) is 14.8. The summed E-state index contributed by atoms with van der Waals surface area (Å²) in [6, 6.07) is 16.4. The average Bonchev–Trinajstić information content (AvgIpc) is 2.80. The Bertz CT molecular complexity index is 654. The van der Waals surface area contributed by atoms with Crippen LogP contribution >= 0.6 is 11.6 Å². The number of hydrogen-bond acceptors (Lipinski definition) is 1. The summed E-state index contributed by atoms with van der Waals surface area (Å²) in [6.45, 7) is 2.06. The third kappa shape index (κ3) is 3.11. The summed E-state index contributed by atoms with van der Waals surface area (Å²) in [5.74, 6) is 0.352. The number of halogens is 1. The van der Waals surface area contributed by atoms with Gasteiger partial charge in [-0.05, 0) is 42.2 Å². The van der Waals surface area contributed by atoms with Gasteiger partial charge in [0.2, 0.25) is 5.91 Å². The van der Waals surface area contributed by atoms with Crippen molar-refractivity contribution in [3.8, 4) is 0 Å². The molecule has 2 aromatic carbocycles. The number of nitrogens with one attached hydrogen (secondary N) is 1. The predicted octanol–water partition coefficient (Wildman–Crippen LogP) is 3.86. The summed E-state index contributed by atoms with van der Waals surface area (Å²) in [6.07, 6.45) is 1.42. The van der Waals surface area contributed by atoms with E-state index in [1.165, 1.54) is 11.1 Å². The minimum Gasteiger partial charge on any atom is -0.352 e. The lowest BCUT2D eigenvalue weighted by Crippen LogP contribution is -2.30. The molecule has 2 nitrogen and oxygen atoms in total. The van der Waals surface area contributed by atoms with Crippen LogP contribution < -0.4 is 5.32 Å². The maximum atomic E-state index is 11.9. The maximum Gasteiger partial charge on any atom is 0.220 e. The quantitative estimate of drug-likeness (QED) is 0.916. The molecule has 21 heavy (non-hydrogen) atoms. The molecule has 0 aliphatic carbocycles. The number of amides is 1. The summed E-state index contributed by atoms with van der Waals surface area (Å²) < 4.78 is 0. The van der Waals surface area contributed by atoms with Crippen molar-refractivity contribution in [2.75, 3.05) is 0 Å². The largest absolute Gasteiger partial charge is 0.352 e. The fraction of sp³-hybridized carbons (Fsp3) is 0.278. The summed E-state index contributed by atoms with van der Waals surface area (Å²) in [7, 11) is 0. The van der Waals surface area contributed by atoms with E-state index >= 15 is 0 Å². The Morgan fingerprint density at radius 2 is 1.95 bits per heavy atom. The highest BCUT2D eigenvalue weighted by atomic mass is 35.5. The van der Waals surface area contributed by atoms with Crippen LogP contribution in [0.3, 0.4) is 0 Å². The Kier molecular flexibility index (Phi) is 3.98. The van der Waals surface area contributed by atoms with Crippen LogP contribution in [0.4, 0.5) is 0 Å². The van der Waals surface area contributed by atoms with Crippen LogP contribution in [-0.4, -0.2) is 11.9 Å². The van der Waals surface area contributed by atoms with Gasteiger partial charge < -0.3 is 5.32 Å². The van der Waals surface area contributed by atoms with Gasteiger partial charge in [0.05, 0.1) is 0 Å². The average molecular weight is 300 g/mol. The lowest BCUT2D eigenvalue weighted by Gasteiger charge is -2.21. The molecular weight excluding hydrogens is 282 g/mol. The Labute approximate surface area is 130 Å². The lowest BCUT2D eigenvalue weighted by molar-refractivity contribution is -0.119. The third-order valence-corrected chi connectivity index (χ3v) is 4.40. The highest BCUT2D eigenvalue weighted by molar-refractivity contribution is 6.30. The molecule has 1 fully saturated rings. The minimum absolute atomic E-state index is 0.135. The van der Waals surface area contributed by atoms with Crippen LogP contribution in [0.25, 0.3) is 0 Å². The second kappa shape index (κ2) is 5.90. The van der Waals surface area contributed by atoms with E-state index in [2.05, 4.69) is 30.4 Å². The summed E-state index contributed by atoms with van der Waals surface area (Å²) >= 11 is 6.04. The number of carbonyl (C=O) groups is 1. The van der Waals surface area contributed by atoms with Crippen LogP contribution in [0.15, 0.2) is 48.5 Å². The van der Waals surface area contributed by atoms with Crippen LogP contribution in [-0.2, 0) is 11.2 Å². The molecule has 0 spiro atoms. The molecule has 0 aromatic heterocycles. The molecule has 1 amide bonds. The smallest absolute Gasteiger partial charge is 0.220 e. The fourth-order valence-corrected chi connectivity index (χ4v) is 3.38. The van der Waals surface area contributed by atoms with Gasteiger partial charge in [0.15, 0.2) is 0 Å². The monoisotopic (exact) mass is 299 g/mol. The normalized spacial score (nSPS) is 21.3. The number of carbonyl (C=O) groups excluding carboxylic acids is 1. The first-order chi connectivity index (χ1) is 10.1. The molecule has 1 saturated heterocycles. The van der Waals surface area contributed by atoms with E-state index in [1.54, 1.807) is 0 Å². The van der Waals surface area contributed by atoms with Gasteiger partial charge in [0.25, 0.3) is 0 Å². The Morgan fingerprint density at radius 3 is 2.67 bits per heavy atom. The van der Waals surface area contributed by atoms with E-state index < -0.39 is 0 Å². The Balaban J connectivity index is 1.87. The van der Waals surface area contributed by atoms with Crippen molar-refractivity contribution in [2.45, 2.75) is 31.7 Å². The van der Waals surface area contributed by atoms with Gasteiger partial charge in [0.1, 0.15) is 0 Å². The molecule has 2 aromatic rings. The van der Waals surface area contributed by atoms with Gasteiger partial charge in [-0.25, -0.2) is 0 Å². The minimum atomic E-state index is 0.135. The van der Waals surface area contributed by atoms with Gasteiger partial charge in [0, 0.05) is 23.4 Å². The number of benzene rings is 2. The molecule has 2 atom stereocenters. The molecule has 108 valence electrons. The predicted molar refractivity (Wildman–Crippen MR) is 85.6 cm³/mol. The Hall–Kier alpha value is -1.80. The zero-order valence-electron chi connectivity index (χ0n) is 12.0. The van der Waals surface area contributed by atoms with Crippen molar-refractivity contribution < 1.29 is 4.79 Å². The second-order valence-electron chi connectivity index (χ2n) is 5.68. The first-order valence-electron chi connectivity index (χ1n) is 7.23. The van der Waals surface area contributed by atoms with E-state index in [4.69, 9.17) is 11.6 Å². The second-order valence-corrected chi connectivity index (χ2v) is 6.11. The van der Waals surface area contributed by atoms with Crippen molar-refractivity contribution in [3.63, 3.8) is 0 Å². The first kappa shape index (κ1) is 14.2. The first-order valence-corrected chi connectivity index (χ1v) is 7.60. The number of aryl methyl sites for hydroxylation is 1. The van der Waals surface area contributed by atoms with Crippen LogP contribution in [0.1, 0.15) is 29.0 Å². The van der Waals surface area contributed by atoms with Crippen LogP contribution in [0.2, 0.25) is 5.02 Å². The Morgan fingerprint density at radius 1 is 1.19 bits per heavy atom. The standard InChI is InChI=1S/C18H18ClNO/c1-12-9-14(19)7-8-15(12)16-11-18(21)20-17(16)10-13-5-3-2-4-6-13/h2-9,16-17H,10-11H2,1H3,(H,20,21). The molecule has 3 heteroatoms. The number of hydrogen-bond donors (Lipinski definition) is 1. The molecule has 1 heterocycles. The summed E-state index contributed by atoms with van der Waals surface area (Å²) in [5.41, 5.74) is 3.63. The van der Waals surface area contributed by atoms with Crippen molar-refractivity contribution >= 4 is 17.5 Å². The van der Waals surface area contributed by atoms with Gasteiger partial charge in [-0.3, -0.25) is 4.79 Å². The molecule has 1 aliphatic heterocycles. The van der Waals surface area contributed by atoms with Crippen molar-refractivity contribution in [3.05, 3.63) is 70.2 Å². The van der Waals surface area contributed by atoms with Crippen molar-refractivity contribution in [2.24, 2.45) is 0 Å². The van der Waals surface area contributed by atoms with Crippen molar-refractivity contribution in [1.29, 1.82) is 0 Å². The highest BCUT2D eigenvalue weighted by Crippen LogP contribution is 2.33. The van der Waals surface area contributed by atoms with E-state index in [1.807, 2.05) is 30.3 Å². The highest BCUT2D eigenvalue weighted by Gasteiger charge is 2.34. The lowest BCUT2D eigenvalue weighted by atomic mass is 9.86. The van der Waals surface area contributed by atoms with Crippen LogP contribution in [0, 0.1) is 6.92 Å². The molecule has 0 radical (unpaired) electrons. The SMILES string of the molecule is Cc1cc(Cl)ccc1C1CC(=O)NC1Cc1ccccc1. The fourth-order valence-electron chi connectivity index (χ4n) is 3.15. The molecule has 0 bridgehead atoms. The molecule has 3 rings (SSSR count). The van der Waals surface area contributed by atoms with Crippen molar-refractivity contribution in [1.82, 2.24) is 5.32 Å². The zero-order valence-corrected chi connectivity index (χ0v) is 12.7. The molecular formula is C18H18ClNO. The van der Waals surface area contributed by atoms with Crippen LogP contribution in [0.5, 0.6) is 0 Å². The summed E-state index contributed by atoms with van der Waals surface area (Å²) in [4.78, 5) is 11.9. The van der Waals surface area contributed by atoms with Gasteiger partial charge in [-0.2, -0.15) is 0 Å². The van der Waals surface area contributed by atoms with Gasteiger partial charge >= 0.3 is 0 Å². The van der Waals surface area contributed by atoms with E-state index in [-0.39, 0.29) is 17.9 Å². The molecule has 0 saturated carbocycles. The van der Waals surface area contributed by atoms with E-state index in [9.17, 15) is 4.79 Å². The number of rotatable bonds is 3. The maximum absolute atomic E-state index is 11.9.